The number of nitrogens with zero attached hydrogens (tertiary/aromatic N) is 2. The van der Waals surface area contributed by atoms with Crippen LogP contribution < -0.4 is 14.8 Å². The van der Waals surface area contributed by atoms with Crippen molar-refractivity contribution in [3.63, 3.8) is 0 Å². The Morgan fingerprint density at radius 2 is 1.43 bits per heavy atom. The van der Waals surface area contributed by atoms with Crippen LogP contribution in [-0.4, -0.2) is 24.2 Å². The maximum absolute atomic E-state index is 6.05. The summed E-state index contributed by atoms with van der Waals surface area (Å²) in [7, 11) is 3.28. The smallest absolute Gasteiger partial charge is 0.301 e. The van der Waals surface area contributed by atoms with Crippen LogP contribution in [-0.2, 0) is 0 Å². The number of oxazole rings is 1. The van der Waals surface area contributed by atoms with E-state index >= 15 is 0 Å². The summed E-state index contributed by atoms with van der Waals surface area (Å²) in [4.78, 5) is 8.92. The van der Waals surface area contributed by atoms with Gasteiger partial charge in [0.1, 0.15) is 23.0 Å². The second-order valence-corrected chi connectivity index (χ2v) is 5.99. The Morgan fingerprint density at radius 1 is 0.786 bits per heavy atom. The number of hydrogen-bond donors (Lipinski definition) is 1. The Balaban J connectivity index is 1.76. The molecule has 0 saturated heterocycles. The third kappa shape index (κ3) is 3.66. The van der Waals surface area contributed by atoms with Crippen LogP contribution in [0.25, 0.3) is 22.6 Å². The molecule has 0 amide bonds. The number of benzene rings is 2. The molecule has 2 heterocycles. The Hall–Kier alpha value is -3.80. The highest BCUT2D eigenvalue weighted by molar-refractivity contribution is 5.78. The van der Waals surface area contributed by atoms with Gasteiger partial charge in [0.25, 0.3) is 0 Å². The van der Waals surface area contributed by atoms with E-state index in [0.29, 0.717) is 17.6 Å². The standard InChI is InChI=1S/C22H19N3O3/c1-26-17-10-6-15(7-11-17)20-21(16-8-12-18(27-2)13-9-16)28-22(25-20)24-19-5-3-4-14-23-19/h3-14H,1-2H3,(H,23,24,25). The first-order valence-electron chi connectivity index (χ1n) is 8.74. The maximum atomic E-state index is 6.05. The Kier molecular flexibility index (Phi) is 4.93. The van der Waals surface area contributed by atoms with E-state index in [-0.39, 0.29) is 0 Å². The minimum Gasteiger partial charge on any atom is -0.497 e. The highest BCUT2D eigenvalue weighted by Crippen LogP contribution is 2.36. The molecule has 4 rings (SSSR count). The fourth-order valence-corrected chi connectivity index (χ4v) is 2.80. The molecule has 28 heavy (non-hydrogen) atoms. The SMILES string of the molecule is COc1ccc(-c2nc(Nc3ccccn3)oc2-c2ccc(OC)cc2)cc1. The number of aromatic nitrogens is 2. The molecule has 0 fully saturated rings. The summed E-state index contributed by atoms with van der Waals surface area (Å²) >= 11 is 0. The van der Waals surface area contributed by atoms with E-state index in [2.05, 4.69) is 15.3 Å². The van der Waals surface area contributed by atoms with Gasteiger partial charge in [0.2, 0.25) is 0 Å². The first kappa shape index (κ1) is 17.6. The molecule has 4 aromatic rings. The van der Waals surface area contributed by atoms with Crippen molar-refractivity contribution >= 4 is 11.8 Å². The van der Waals surface area contributed by atoms with Gasteiger partial charge in [-0.15, -0.1) is 0 Å². The summed E-state index contributed by atoms with van der Waals surface area (Å²) < 4.78 is 16.6. The molecule has 2 aromatic heterocycles. The monoisotopic (exact) mass is 373 g/mol. The number of nitrogens with one attached hydrogen (secondary N) is 1. The lowest BCUT2D eigenvalue weighted by molar-refractivity contribution is 0.414. The molecule has 1 N–H and O–H groups in total. The highest BCUT2D eigenvalue weighted by atomic mass is 16.5. The molecule has 0 bridgehead atoms. The molecular formula is C22H19N3O3. The number of methoxy groups -OCH3 is 2. The molecule has 0 unspecified atom stereocenters. The summed E-state index contributed by atoms with van der Waals surface area (Å²) in [5, 5.41) is 3.11. The van der Waals surface area contributed by atoms with Gasteiger partial charge in [0.05, 0.1) is 14.2 Å². The Bertz CT molecular complexity index is 978. The predicted octanol–water partition coefficient (Wildman–Crippen LogP) is 5.16. The molecule has 0 aliphatic heterocycles. The van der Waals surface area contributed by atoms with Crippen molar-refractivity contribution < 1.29 is 13.9 Å². The molecule has 140 valence electrons. The van der Waals surface area contributed by atoms with Gasteiger partial charge < -0.3 is 13.9 Å². The van der Waals surface area contributed by atoms with Crippen molar-refractivity contribution in [1.29, 1.82) is 0 Å². The van der Waals surface area contributed by atoms with Crippen LogP contribution in [0.3, 0.4) is 0 Å². The number of hydrogen-bond acceptors (Lipinski definition) is 6. The fourth-order valence-electron chi connectivity index (χ4n) is 2.80. The minimum absolute atomic E-state index is 0.371. The number of anilines is 2. The summed E-state index contributed by atoms with van der Waals surface area (Å²) in [5.41, 5.74) is 2.55. The third-order valence-corrected chi connectivity index (χ3v) is 4.24. The quantitative estimate of drug-likeness (QED) is 0.503. The van der Waals surface area contributed by atoms with Gasteiger partial charge in [-0.2, -0.15) is 4.98 Å². The average molecular weight is 373 g/mol. The van der Waals surface area contributed by atoms with E-state index in [1.165, 1.54) is 0 Å². The maximum Gasteiger partial charge on any atom is 0.301 e. The molecule has 0 atom stereocenters. The van der Waals surface area contributed by atoms with Crippen molar-refractivity contribution in [2.75, 3.05) is 19.5 Å². The molecule has 2 aromatic carbocycles. The lowest BCUT2D eigenvalue weighted by Gasteiger charge is -2.04. The van der Waals surface area contributed by atoms with Crippen LogP contribution in [0.4, 0.5) is 11.8 Å². The van der Waals surface area contributed by atoms with E-state index in [4.69, 9.17) is 13.9 Å². The first-order valence-corrected chi connectivity index (χ1v) is 8.74. The van der Waals surface area contributed by atoms with Crippen molar-refractivity contribution in [1.82, 2.24) is 9.97 Å². The van der Waals surface area contributed by atoms with E-state index in [1.807, 2.05) is 66.7 Å². The molecule has 6 heteroatoms. The molecule has 0 radical (unpaired) electrons. The average Bonchev–Trinajstić information content (AvgIpc) is 3.18. The molecule has 6 nitrogen and oxygen atoms in total. The summed E-state index contributed by atoms with van der Waals surface area (Å²) in [5.74, 6) is 2.88. The summed E-state index contributed by atoms with van der Waals surface area (Å²) in [6.45, 7) is 0. The predicted molar refractivity (Wildman–Crippen MR) is 108 cm³/mol. The van der Waals surface area contributed by atoms with Gasteiger partial charge in [-0.1, -0.05) is 6.07 Å². The first-order chi connectivity index (χ1) is 13.8. The lowest BCUT2D eigenvalue weighted by Crippen LogP contribution is -1.92. The second kappa shape index (κ2) is 7.84. The number of ether oxygens (including phenoxy) is 2. The van der Waals surface area contributed by atoms with Crippen molar-refractivity contribution in [3.05, 3.63) is 72.9 Å². The number of pyridine rings is 1. The van der Waals surface area contributed by atoms with E-state index in [1.54, 1.807) is 20.4 Å². The van der Waals surface area contributed by atoms with Crippen LogP contribution in [0.15, 0.2) is 77.3 Å². The van der Waals surface area contributed by atoms with Crippen molar-refractivity contribution in [3.8, 4) is 34.1 Å². The fraction of sp³-hybridized carbons (Fsp3) is 0.0909. The Morgan fingerprint density at radius 3 is 2.00 bits per heavy atom. The molecule has 0 saturated carbocycles. The Labute approximate surface area is 162 Å². The van der Waals surface area contributed by atoms with Gasteiger partial charge in [0, 0.05) is 17.3 Å². The van der Waals surface area contributed by atoms with Crippen LogP contribution in [0, 0.1) is 0 Å². The van der Waals surface area contributed by atoms with Crippen LogP contribution in [0.2, 0.25) is 0 Å². The van der Waals surface area contributed by atoms with Gasteiger partial charge in [-0.3, -0.25) is 5.32 Å². The van der Waals surface area contributed by atoms with Crippen molar-refractivity contribution in [2.24, 2.45) is 0 Å². The van der Waals surface area contributed by atoms with Crippen LogP contribution in [0.1, 0.15) is 0 Å². The zero-order valence-corrected chi connectivity index (χ0v) is 15.5. The zero-order valence-electron chi connectivity index (χ0n) is 15.5. The lowest BCUT2D eigenvalue weighted by atomic mass is 10.1. The van der Waals surface area contributed by atoms with Crippen LogP contribution >= 0.6 is 0 Å². The van der Waals surface area contributed by atoms with E-state index in [9.17, 15) is 0 Å². The zero-order chi connectivity index (χ0) is 19.3. The third-order valence-electron chi connectivity index (χ3n) is 4.24. The van der Waals surface area contributed by atoms with Gasteiger partial charge >= 0.3 is 6.01 Å². The van der Waals surface area contributed by atoms with Crippen molar-refractivity contribution in [2.45, 2.75) is 0 Å². The second-order valence-electron chi connectivity index (χ2n) is 5.99. The summed E-state index contributed by atoms with van der Waals surface area (Å²) in [6.07, 6.45) is 1.71. The molecular weight excluding hydrogens is 354 g/mol. The van der Waals surface area contributed by atoms with E-state index < -0.39 is 0 Å². The highest BCUT2D eigenvalue weighted by Gasteiger charge is 2.17. The topological polar surface area (TPSA) is 69.4 Å². The van der Waals surface area contributed by atoms with Gasteiger partial charge in [0.15, 0.2) is 5.76 Å². The molecule has 0 aliphatic rings. The summed E-state index contributed by atoms with van der Waals surface area (Å²) in [6, 6.07) is 21.3. The normalized spacial score (nSPS) is 10.5. The van der Waals surface area contributed by atoms with Gasteiger partial charge in [-0.05, 0) is 60.7 Å². The number of rotatable bonds is 6. The van der Waals surface area contributed by atoms with E-state index in [0.717, 1.165) is 28.3 Å². The van der Waals surface area contributed by atoms with Crippen LogP contribution in [0.5, 0.6) is 11.5 Å². The molecule has 0 spiro atoms. The van der Waals surface area contributed by atoms with Gasteiger partial charge in [-0.25, -0.2) is 4.98 Å². The molecule has 0 aliphatic carbocycles. The largest absolute Gasteiger partial charge is 0.497 e. The minimum atomic E-state index is 0.371.